The highest BCUT2D eigenvalue weighted by molar-refractivity contribution is 5.89. The number of anilines is 1. The van der Waals surface area contributed by atoms with Crippen molar-refractivity contribution in [3.63, 3.8) is 0 Å². The van der Waals surface area contributed by atoms with Gasteiger partial charge in [0.1, 0.15) is 0 Å². The molecule has 3 N–H and O–H groups in total. The van der Waals surface area contributed by atoms with Crippen LogP contribution in [0.2, 0.25) is 0 Å². The summed E-state index contributed by atoms with van der Waals surface area (Å²) >= 11 is 0. The second-order valence-electron chi connectivity index (χ2n) is 5.81. The Hall–Kier alpha value is -1.89. The summed E-state index contributed by atoms with van der Waals surface area (Å²) in [4.78, 5) is 11.8. The molecule has 2 amide bonds. The molecule has 7 heteroatoms. The van der Waals surface area contributed by atoms with Crippen molar-refractivity contribution in [1.29, 1.82) is 0 Å². The van der Waals surface area contributed by atoms with Gasteiger partial charge < -0.3 is 20.5 Å². The first kappa shape index (κ1) is 19.2. The van der Waals surface area contributed by atoms with Crippen LogP contribution >= 0.6 is 0 Å². The Balaban J connectivity index is 2.61. The van der Waals surface area contributed by atoms with Gasteiger partial charge in [-0.15, -0.1) is 0 Å². The molecular formula is C16H24F2N2O3. The minimum atomic E-state index is -0.785. The highest BCUT2D eigenvalue weighted by atomic mass is 19.1. The second kappa shape index (κ2) is 9.29. The van der Waals surface area contributed by atoms with Gasteiger partial charge in [-0.05, 0) is 24.7 Å². The maximum atomic E-state index is 13.7. The predicted molar refractivity (Wildman–Crippen MR) is 84.6 cm³/mol. The van der Waals surface area contributed by atoms with Gasteiger partial charge in [0.15, 0.2) is 17.4 Å². The number of ether oxygens (including phenoxy) is 1. The molecule has 23 heavy (non-hydrogen) atoms. The summed E-state index contributed by atoms with van der Waals surface area (Å²) < 4.78 is 32.0. The molecule has 0 saturated carbocycles. The fourth-order valence-corrected chi connectivity index (χ4v) is 2.34. The van der Waals surface area contributed by atoms with Gasteiger partial charge in [0.05, 0.1) is 12.8 Å². The first-order chi connectivity index (χ1) is 10.9. The number of methoxy groups -OCH3 is 1. The molecule has 5 nitrogen and oxygen atoms in total. The van der Waals surface area contributed by atoms with Crippen molar-refractivity contribution in [2.75, 3.05) is 25.6 Å². The van der Waals surface area contributed by atoms with Gasteiger partial charge in [-0.3, -0.25) is 0 Å². The SMILES string of the molecule is COc1cc(F)c(NC(=O)NCC(CCO)CC(C)C)cc1F. The van der Waals surface area contributed by atoms with E-state index in [0.717, 1.165) is 18.6 Å². The first-order valence-corrected chi connectivity index (χ1v) is 7.56. The van der Waals surface area contributed by atoms with Crippen LogP contribution in [0, 0.1) is 23.5 Å². The summed E-state index contributed by atoms with van der Waals surface area (Å²) in [5.41, 5.74) is -0.261. The minimum absolute atomic E-state index is 0.0407. The highest BCUT2D eigenvalue weighted by Crippen LogP contribution is 2.24. The highest BCUT2D eigenvalue weighted by Gasteiger charge is 2.15. The van der Waals surface area contributed by atoms with E-state index in [4.69, 9.17) is 5.11 Å². The van der Waals surface area contributed by atoms with Gasteiger partial charge >= 0.3 is 6.03 Å². The van der Waals surface area contributed by atoms with E-state index >= 15 is 0 Å². The first-order valence-electron chi connectivity index (χ1n) is 7.56. The van der Waals surface area contributed by atoms with Crippen molar-refractivity contribution in [3.05, 3.63) is 23.8 Å². The lowest BCUT2D eigenvalue weighted by Crippen LogP contribution is -2.34. The third-order valence-electron chi connectivity index (χ3n) is 3.38. The van der Waals surface area contributed by atoms with Gasteiger partial charge in [-0.2, -0.15) is 0 Å². The third kappa shape index (κ3) is 6.40. The average molecular weight is 330 g/mol. The number of halogens is 2. The number of rotatable bonds is 8. The van der Waals surface area contributed by atoms with Gasteiger partial charge in [0.25, 0.3) is 0 Å². The van der Waals surface area contributed by atoms with Crippen LogP contribution in [0.5, 0.6) is 5.75 Å². The monoisotopic (exact) mass is 330 g/mol. The molecule has 1 rings (SSSR count). The zero-order chi connectivity index (χ0) is 17.4. The summed E-state index contributed by atoms with van der Waals surface area (Å²) in [6, 6.07) is 1.12. The van der Waals surface area contributed by atoms with Gasteiger partial charge in [0, 0.05) is 25.3 Å². The number of hydrogen-bond acceptors (Lipinski definition) is 3. The molecule has 1 aromatic carbocycles. The summed E-state index contributed by atoms with van der Waals surface area (Å²) in [6.07, 6.45) is 1.43. The van der Waals surface area contributed by atoms with Crippen LogP contribution in [-0.2, 0) is 0 Å². The quantitative estimate of drug-likeness (QED) is 0.686. The molecule has 0 aromatic heterocycles. The zero-order valence-electron chi connectivity index (χ0n) is 13.7. The van der Waals surface area contributed by atoms with E-state index in [-0.39, 0.29) is 24.0 Å². The summed E-state index contributed by atoms with van der Waals surface area (Å²) in [7, 11) is 1.23. The Kier molecular flexibility index (Phi) is 7.74. The van der Waals surface area contributed by atoms with Crippen molar-refractivity contribution in [1.82, 2.24) is 5.32 Å². The van der Waals surface area contributed by atoms with E-state index in [1.807, 2.05) is 0 Å². The third-order valence-corrected chi connectivity index (χ3v) is 3.38. The molecule has 0 aliphatic carbocycles. The molecule has 0 aliphatic rings. The molecule has 1 unspecified atom stereocenters. The van der Waals surface area contributed by atoms with Crippen LogP contribution in [0.1, 0.15) is 26.7 Å². The van der Waals surface area contributed by atoms with E-state index in [0.29, 0.717) is 18.9 Å². The number of carbonyl (C=O) groups excluding carboxylic acids is 1. The summed E-state index contributed by atoms with van der Waals surface area (Å²) in [6.45, 7) is 4.50. The Morgan fingerprint density at radius 1 is 1.30 bits per heavy atom. The number of urea groups is 1. The van der Waals surface area contributed by atoms with Crippen LogP contribution in [0.15, 0.2) is 12.1 Å². The van der Waals surface area contributed by atoms with E-state index in [9.17, 15) is 13.6 Å². The average Bonchev–Trinajstić information content (AvgIpc) is 2.48. The number of nitrogens with one attached hydrogen (secondary N) is 2. The van der Waals surface area contributed by atoms with Crippen molar-refractivity contribution < 1.29 is 23.4 Å². The molecule has 0 saturated heterocycles. The molecule has 0 aliphatic heterocycles. The van der Waals surface area contributed by atoms with Crippen LogP contribution in [0.4, 0.5) is 19.3 Å². The molecule has 0 radical (unpaired) electrons. The molecule has 1 atom stereocenters. The van der Waals surface area contributed by atoms with Crippen molar-refractivity contribution in [2.24, 2.45) is 11.8 Å². The van der Waals surface area contributed by atoms with Crippen LogP contribution < -0.4 is 15.4 Å². The largest absolute Gasteiger partial charge is 0.494 e. The van der Waals surface area contributed by atoms with Crippen LogP contribution in [0.3, 0.4) is 0 Å². The molecule has 0 fully saturated rings. The van der Waals surface area contributed by atoms with Crippen molar-refractivity contribution >= 4 is 11.7 Å². The molecule has 0 spiro atoms. The van der Waals surface area contributed by atoms with Gasteiger partial charge in [-0.1, -0.05) is 13.8 Å². The Bertz CT molecular complexity index is 524. The number of amides is 2. The van der Waals surface area contributed by atoms with Gasteiger partial charge in [-0.25, -0.2) is 13.6 Å². The standard InChI is InChI=1S/C16H24F2N2O3/c1-10(2)6-11(4-5-21)9-19-16(22)20-14-7-13(18)15(23-3)8-12(14)17/h7-8,10-11,21H,4-6,9H2,1-3H3,(H2,19,20,22). The smallest absolute Gasteiger partial charge is 0.319 e. The number of carbonyl (C=O) groups is 1. The lowest BCUT2D eigenvalue weighted by Gasteiger charge is -2.19. The topological polar surface area (TPSA) is 70.6 Å². The van der Waals surface area contributed by atoms with Gasteiger partial charge in [0.2, 0.25) is 0 Å². The molecular weight excluding hydrogens is 306 g/mol. The second-order valence-corrected chi connectivity index (χ2v) is 5.81. The van der Waals surface area contributed by atoms with Crippen LogP contribution in [-0.4, -0.2) is 31.4 Å². The normalized spacial score (nSPS) is 12.1. The minimum Gasteiger partial charge on any atom is -0.494 e. The van der Waals surface area contributed by atoms with Crippen LogP contribution in [0.25, 0.3) is 0 Å². The summed E-state index contributed by atoms with van der Waals surface area (Å²) in [5, 5.41) is 13.9. The molecule has 0 bridgehead atoms. The molecule has 1 aromatic rings. The maximum Gasteiger partial charge on any atom is 0.319 e. The molecule has 130 valence electrons. The number of aliphatic hydroxyl groups is 1. The van der Waals surface area contributed by atoms with Crippen molar-refractivity contribution in [3.8, 4) is 5.75 Å². The lowest BCUT2D eigenvalue weighted by molar-refractivity contribution is 0.231. The maximum absolute atomic E-state index is 13.7. The summed E-state index contributed by atoms with van der Waals surface area (Å²) in [5.74, 6) is -1.21. The van der Waals surface area contributed by atoms with E-state index in [1.165, 1.54) is 7.11 Å². The van der Waals surface area contributed by atoms with E-state index in [1.54, 1.807) is 0 Å². The zero-order valence-corrected chi connectivity index (χ0v) is 13.7. The lowest BCUT2D eigenvalue weighted by atomic mass is 9.94. The van der Waals surface area contributed by atoms with Crippen molar-refractivity contribution in [2.45, 2.75) is 26.7 Å². The molecule has 0 heterocycles. The fraction of sp³-hybridized carbons (Fsp3) is 0.562. The fourth-order valence-electron chi connectivity index (χ4n) is 2.34. The number of hydrogen-bond donors (Lipinski definition) is 3. The van der Waals surface area contributed by atoms with E-state index in [2.05, 4.69) is 29.2 Å². The Labute approximate surface area is 135 Å². The number of benzene rings is 1. The Morgan fingerprint density at radius 2 is 2.00 bits per heavy atom. The predicted octanol–water partition coefficient (Wildman–Crippen LogP) is 3.14. The number of aliphatic hydroxyl groups excluding tert-OH is 1. The Morgan fingerprint density at radius 3 is 2.57 bits per heavy atom. The van der Waals surface area contributed by atoms with E-state index < -0.39 is 17.7 Å².